The van der Waals surface area contributed by atoms with Gasteiger partial charge in [-0.25, -0.2) is 9.78 Å². The van der Waals surface area contributed by atoms with Gasteiger partial charge in [-0.05, 0) is 38.3 Å². The van der Waals surface area contributed by atoms with E-state index in [-0.39, 0.29) is 12.1 Å². The van der Waals surface area contributed by atoms with Crippen molar-refractivity contribution in [3.63, 3.8) is 0 Å². The van der Waals surface area contributed by atoms with Crippen LogP contribution in [-0.2, 0) is 0 Å². The Morgan fingerprint density at radius 1 is 1.38 bits per heavy atom. The average molecular weight is 341 g/mol. The van der Waals surface area contributed by atoms with Crippen molar-refractivity contribution >= 4 is 34.0 Å². The van der Waals surface area contributed by atoms with Crippen LogP contribution in [-0.4, -0.2) is 27.3 Å². The van der Waals surface area contributed by atoms with E-state index in [1.807, 2.05) is 25.1 Å². The number of anilines is 1. The third-order valence-corrected chi connectivity index (χ3v) is 5.61. The van der Waals surface area contributed by atoms with Gasteiger partial charge in [-0.15, -0.1) is 11.3 Å². The Bertz CT molecular complexity index is 871. The zero-order chi connectivity index (χ0) is 16.5. The maximum absolute atomic E-state index is 12.3. The van der Waals surface area contributed by atoms with Crippen molar-refractivity contribution in [1.82, 2.24) is 20.5 Å². The molecule has 0 spiro atoms. The largest absolute Gasteiger partial charge is 0.335 e. The first-order valence-electron chi connectivity index (χ1n) is 8.10. The maximum atomic E-state index is 12.3. The van der Waals surface area contributed by atoms with Gasteiger partial charge in [0.05, 0.1) is 22.4 Å². The second-order valence-electron chi connectivity index (χ2n) is 6.27. The number of aryl methyl sites for hydroxylation is 1. The summed E-state index contributed by atoms with van der Waals surface area (Å²) in [5.74, 6) is 0.464. The fourth-order valence-electron chi connectivity index (χ4n) is 3.32. The highest BCUT2D eigenvalue weighted by molar-refractivity contribution is 7.09. The normalized spacial score (nSPS) is 20.4. The molecular formula is C17H19N5OS. The predicted molar refractivity (Wildman–Crippen MR) is 95.5 cm³/mol. The molecule has 0 unspecified atom stereocenters. The molecule has 6 nitrogen and oxygen atoms in total. The van der Waals surface area contributed by atoms with E-state index in [1.165, 1.54) is 5.01 Å². The molecular weight excluding hydrogens is 322 g/mol. The van der Waals surface area contributed by atoms with Gasteiger partial charge >= 0.3 is 6.03 Å². The summed E-state index contributed by atoms with van der Waals surface area (Å²) in [6.07, 6.45) is 4.75. The molecule has 3 aromatic rings. The summed E-state index contributed by atoms with van der Waals surface area (Å²) in [6, 6.07) is 5.75. The molecule has 124 valence electrons. The number of hydrogen-bond donors (Lipinski definition) is 3. The zero-order valence-corrected chi connectivity index (χ0v) is 14.2. The van der Waals surface area contributed by atoms with Crippen molar-refractivity contribution in [3.05, 3.63) is 40.5 Å². The molecule has 2 aromatic heterocycles. The van der Waals surface area contributed by atoms with Crippen LogP contribution in [0.5, 0.6) is 0 Å². The van der Waals surface area contributed by atoms with E-state index in [9.17, 15) is 4.79 Å². The van der Waals surface area contributed by atoms with E-state index in [0.29, 0.717) is 5.92 Å². The van der Waals surface area contributed by atoms with Crippen LogP contribution in [0.4, 0.5) is 10.5 Å². The van der Waals surface area contributed by atoms with Crippen molar-refractivity contribution in [3.8, 4) is 0 Å². The Hall–Kier alpha value is -2.41. The lowest BCUT2D eigenvalue weighted by molar-refractivity contribution is 0.248. The fourth-order valence-corrected chi connectivity index (χ4v) is 4.26. The number of rotatable bonds is 3. The predicted octanol–water partition coefficient (Wildman–Crippen LogP) is 3.79. The van der Waals surface area contributed by atoms with Crippen LogP contribution in [0.2, 0.25) is 0 Å². The summed E-state index contributed by atoms with van der Waals surface area (Å²) < 4.78 is 0. The number of hydrogen-bond acceptors (Lipinski definition) is 4. The molecule has 0 bridgehead atoms. The first kappa shape index (κ1) is 15.1. The number of amides is 2. The first-order chi connectivity index (χ1) is 11.7. The highest BCUT2D eigenvalue weighted by Gasteiger charge is 2.28. The van der Waals surface area contributed by atoms with Gasteiger partial charge in [-0.2, -0.15) is 5.10 Å². The molecule has 3 N–H and O–H groups in total. The van der Waals surface area contributed by atoms with Crippen LogP contribution >= 0.6 is 11.3 Å². The third kappa shape index (κ3) is 2.99. The molecule has 1 aromatic carbocycles. The van der Waals surface area contributed by atoms with Crippen molar-refractivity contribution < 1.29 is 4.79 Å². The van der Waals surface area contributed by atoms with Crippen molar-refractivity contribution in [2.45, 2.75) is 38.1 Å². The van der Waals surface area contributed by atoms with Crippen LogP contribution in [0.15, 0.2) is 29.8 Å². The van der Waals surface area contributed by atoms with Gasteiger partial charge in [0.1, 0.15) is 0 Å². The molecule has 1 aliphatic carbocycles. The Morgan fingerprint density at radius 3 is 3.12 bits per heavy atom. The summed E-state index contributed by atoms with van der Waals surface area (Å²) in [5, 5.41) is 17.1. The number of aromatic nitrogens is 3. The summed E-state index contributed by atoms with van der Waals surface area (Å²) in [5.41, 5.74) is 2.76. The van der Waals surface area contributed by atoms with Gasteiger partial charge in [0.25, 0.3) is 0 Å². The molecule has 24 heavy (non-hydrogen) atoms. The van der Waals surface area contributed by atoms with Crippen LogP contribution in [0.1, 0.15) is 35.9 Å². The quantitative estimate of drug-likeness (QED) is 0.678. The molecule has 0 aliphatic heterocycles. The minimum Gasteiger partial charge on any atom is -0.335 e. The number of fused-ring (bicyclic) bond motifs is 1. The molecule has 2 heterocycles. The molecule has 4 rings (SSSR count). The van der Waals surface area contributed by atoms with Crippen LogP contribution < -0.4 is 10.6 Å². The maximum Gasteiger partial charge on any atom is 0.319 e. The topological polar surface area (TPSA) is 82.7 Å². The summed E-state index contributed by atoms with van der Waals surface area (Å²) >= 11 is 1.72. The molecule has 1 aliphatic rings. The average Bonchev–Trinajstić information content (AvgIpc) is 3.27. The Balaban J connectivity index is 1.37. The van der Waals surface area contributed by atoms with Crippen LogP contribution in [0.25, 0.3) is 10.9 Å². The second-order valence-corrected chi connectivity index (χ2v) is 7.16. The summed E-state index contributed by atoms with van der Waals surface area (Å²) in [6.45, 7) is 2.02. The van der Waals surface area contributed by atoms with E-state index in [4.69, 9.17) is 0 Å². The monoisotopic (exact) mass is 341 g/mol. The SMILES string of the molecule is Cc1csc([C@H]2CC[C@H](NC(=O)Nc3cccc4[nH]ncc34)C2)n1. The molecule has 0 saturated heterocycles. The summed E-state index contributed by atoms with van der Waals surface area (Å²) in [4.78, 5) is 16.9. The second kappa shape index (κ2) is 6.24. The first-order valence-corrected chi connectivity index (χ1v) is 8.98. The third-order valence-electron chi connectivity index (χ3n) is 4.49. The lowest BCUT2D eigenvalue weighted by Crippen LogP contribution is -2.36. The summed E-state index contributed by atoms with van der Waals surface area (Å²) in [7, 11) is 0. The Kier molecular flexibility index (Phi) is 3.93. The molecule has 2 amide bonds. The zero-order valence-electron chi connectivity index (χ0n) is 13.4. The Labute approximate surface area is 143 Å². The van der Waals surface area contributed by atoms with Gasteiger partial charge in [-0.3, -0.25) is 5.10 Å². The van der Waals surface area contributed by atoms with E-state index in [0.717, 1.165) is 41.5 Å². The number of carbonyl (C=O) groups excluding carboxylic acids is 1. The highest BCUT2D eigenvalue weighted by Crippen LogP contribution is 2.36. The Morgan fingerprint density at radius 2 is 2.29 bits per heavy atom. The number of nitrogens with one attached hydrogen (secondary N) is 3. The van der Waals surface area contributed by atoms with E-state index in [1.54, 1.807) is 17.5 Å². The number of thiazole rings is 1. The number of carbonyl (C=O) groups is 1. The van der Waals surface area contributed by atoms with E-state index >= 15 is 0 Å². The lowest BCUT2D eigenvalue weighted by atomic mass is 10.1. The standard InChI is InChI=1S/C17H19N5OS/c1-10-9-24-16(19-10)11-5-6-12(7-11)20-17(23)21-14-3-2-4-15-13(14)8-18-22-15/h2-4,8-9,11-12H,5-7H2,1H3,(H,18,22)(H2,20,21,23)/t11-,12-/m0/s1. The van der Waals surface area contributed by atoms with Crippen LogP contribution in [0.3, 0.4) is 0 Å². The highest BCUT2D eigenvalue weighted by atomic mass is 32.1. The van der Waals surface area contributed by atoms with Crippen LogP contribution in [0, 0.1) is 6.92 Å². The molecule has 1 saturated carbocycles. The molecule has 7 heteroatoms. The smallest absolute Gasteiger partial charge is 0.319 e. The number of benzene rings is 1. The number of H-pyrrole nitrogens is 1. The van der Waals surface area contributed by atoms with Gasteiger partial charge in [0, 0.05) is 28.4 Å². The minimum absolute atomic E-state index is 0.162. The minimum atomic E-state index is -0.162. The van der Waals surface area contributed by atoms with E-state index < -0.39 is 0 Å². The lowest BCUT2D eigenvalue weighted by Gasteiger charge is -2.14. The van der Waals surface area contributed by atoms with Gasteiger partial charge in [0.2, 0.25) is 0 Å². The van der Waals surface area contributed by atoms with Gasteiger partial charge in [-0.1, -0.05) is 6.07 Å². The van der Waals surface area contributed by atoms with Gasteiger partial charge < -0.3 is 10.6 Å². The van der Waals surface area contributed by atoms with E-state index in [2.05, 4.69) is 31.2 Å². The molecule has 1 fully saturated rings. The fraction of sp³-hybridized carbons (Fsp3) is 0.353. The van der Waals surface area contributed by atoms with Crippen molar-refractivity contribution in [2.24, 2.45) is 0 Å². The molecule has 0 radical (unpaired) electrons. The van der Waals surface area contributed by atoms with Crippen molar-refractivity contribution in [2.75, 3.05) is 5.32 Å². The molecule has 2 atom stereocenters. The van der Waals surface area contributed by atoms with Crippen molar-refractivity contribution in [1.29, 1.82) is 0 Å². The van der Waals surface area contributed by atoms with Gasteiger partial charge in [0.15, 0.2) is 0 Å². The number of nitrogens with zero attached hydrogens (tertiary/aromatic N) is 2. The number of aromatic amines is 1. The number of urea groups is 1.